The van der Waals surface area contributed by atoms with Crippen molar-refractivity contribution in [2.24, 2.45) is 11.0 Å². The highest BCUT2D eigenvalue weighted by Crippen LogP contribution is 2.47. The minimum Gasteiger partial charge on any atom is -0.460 e. The van der Waals surface area contributed by atoms with Crippen molar-refractivity contribution in [3.63, 3.8) is 0 Å². The van der Waals surface area contributed by atoms with Gasteiger partial charge < -0.3 is 4.42 Å². The second-order valence-electron chi connectivity index (χ2n) is 4.97. The molecule has 2 aromatic heterocycles. The molecule has 1 fully saturated rings. The van der Waals surface area contributed by atoms with E-state index in [4.69, 9.17) is 16.6 Å². The number of aromatic nitrogens is 3. The number of hydrogen-bond donors (Lipinski definition) is 1. The van der Waals surface area contributed by atoms with Crippen LogP contribution >= 0.6 is 12.2 Å². The number of rotatable bonds is 3. The van der Waals surface area contributed by atoms with Crippen molar-refractivity contribution in [3.05, 3.63) is 34.2 Å². The molecule has 9 heteroatoms. The largest absolute Gasteiger partial charge is 0.460 e. The van der Waals surface area contributed by atoms with E-state index in [0.29, 0.717) is 22.3 Å². The highest BCUT2D eigenvalue weighted by Gasteiger charge is 2.38. The quantitative estimate of drug-likeness (QED) is 0.696. The van der Waals surface area contributed by atoms with Gasteiger partial charge in [-0.05, 0) is 36.7 Å². The Morgan fingerprint density at radius 3 is 2.86 bits per heavy atom. The second kappa shape index (κ2) is 4.83. The van der Waals surface area contributed by atoms with Crippen molar-refractivity contribution in [1.29, 1.82) is 0 Å². The molecule has 21 heavy (non-hydrogen) atoms. The summed E-state index contributed by atoms with van der Waals surface area (Å²) >= 11 is 4.73. The molecular formula is C12H11F3N4OS. The fraction of sp³-hybridized carbons (Fsp3) is 0.417. The monoisotopic (exact) mass is 316 g/mol. The molecule has 0 bridgehead atoms. The summed E-state index contributed by atoms with van der Waals surface area (Å²) in [5.41, 5.74) is 0. The summed E-state index contributed by atoms with van der Waals surface area (Å²) in [6.07, 6.45) is -2.38. The summed E-state index contributed by atoms with van der Waals surface area (Å²) in [4.78, 5) is 0. The van der Waals surface area contributed by atoms with Crippen LogP contribution in [0.1, 0.15) is 36.6 Å². The predicted octanol–water partition coefficient (Wildman–Crippen LogP) is 3.56. The Kier molecular flexibility index (Phi) is 3.23. The van der Waals surface area contributed by atoms with Crippen LogP contribution in [-0.2, 0) is 6.18 Å². The van der Waals surface area contributed by atoms with Gasteiger partial charge in [0.2, 0.25) is 4.77 Å². The minimum absolute atomic E-state index is 0.235. The third-order valence-electron chi connectivity index (χ3n) is 3.33. The molecule has 0 aliphatic heterocycles. The van der Waals surface area contributed by atoms with E-state index in [1.807, 2.05) is 6.07 Å². The molecule has 0 saturated heterocycles. The smallest absolute Gasteiger partial charge is 0.453 e. The van der Waals surface area contributed by atoms with Crippen molar-refractivity contribution in [2.75, 3.05) is 0 Å². The number of alkyl halides is 3. The molecule has 2 aromatic rings. The van der Waals surface area contributed by atoms with Gasteiger partial charge in [0.15, 0.2) is 0 Å². The average molecular weight is 316 g/mol. The number of nitrogens with one attached hydrogen (secondary N) is 1. The van der Waals surface area contributed by atoms with Crippen molar-refractivity contribution in [3.8, 4) is 0 Å². The van der Waals surface area contributed by atoms with Gasteiger partial charge in [0.25, 0.3) is 5.82 Å². The standard InChI is InChI=1S/C12H11F3N4OS/c1-6-4-8(6)9-3-2-7(20-9)5-16-19-10(12(13,14)15)17-18-11(19)21/h2-3,5-6,8H,4H2,1H3,(H,18,21)/b16-5-/t6-,8+/m1/s1. The van der Waals surface area contributed by atoms with Crippen LogP contribution in [0.25, 0.3) is 0 Å². The molecule has 2 atom stereocenters. The van der Waals surface area contributed by atoms with E-state index in [2.05, 4.69) is 22.2 Å². The molecule has 0 amide bonds. The van der Waals surface area contributed by atoms with Gasteiger partial charge in [-0.25, -0.2) is 5.10 Å². The zero-order chi connectivity index (χ0) is 15.2. The first-order chi connectivity index (χ1) is 9.86. The Hall–Kier alpha value is -1.90. The summed E-state index contributed by atoms with van der Waals surface area (Å²) in [6, 6.07) is 3.48. The van der Waals surface area contributed by atoms with E-state index in [-0.39, 0.29) is 4.77 Å². The normalized spacial score (nSPS) is 22.1. The lowest BCUT2D eigenvalue weighted by molar-refractivity contribution is -0.147. The number of nitrogens with zero attached hydrogens (tertiary/aromatic N) is 3. The van der Waals surface area contributed by atoms with Crippen LogP contribution in [-0.4, -0.2) is 21.1 Å². The summed E-state index contributed by atoms with van der Waals surface area (Å²) in [7, 11) is 0. The van der Waals surface area contributed by atoms with Gasteiger partial charge in [-0.3, -0.25) is 0 Å². The molecule has 0 aromatic carbocycles. The Morgan fingerprint density at radius 1 is 1.52 bits per heavy atom. The number of halogens is 3. The summed E-state index contributed by atoms with van der Waals surface area (Å²) in [5, 5.41) is 8.89. The van der Waals surface area contributed by atoms with Crippen molar-refractivity contribution in [1.82, 2.24) is 14.9 Å². The lowest BCUT2D eigenvalue weighted by atomic mass is 10.3. The molecule has 1 saturated carbocycles. The molecule has 0 unspecified atom stereocenters. The Morgan fingerprint density at radius 2 is 2.24 bits per heavy atom. The molecular weight excluding hydrogens is 305 g/mol. The molecule has 5 nitrogen and oxygen atoms in total. The van der Waals surface area contributed by atoms with Gasteiger partial charge in [0, 0.05) is 5.92 Å². The second-order valence-corrected chi connectivity index (χ2v) is 5.35. The highest BCUT2D eigenvalue weighted by molar-refractivity contribution is 7.71. The van der Waals surface area contributed by atoms with E-state index in [9.17, 15) is 13.2 Å². The van der Waals surface area contributed by atoms with Crippen LogP contribution in [0.2, 0.25) is 0 Å². The SMILES string of the molecule is C[C@@H]1C[C@@H]1c1ccc(/C=N\n2c(C(F)(F)F)n[nH]c2=S)o1. The van der Waals surface area contributed by atoms with Gasteiger partial charge in [0.1, 0.15) is 11.5 Å². The van der Waals surface area contributed by atoms with Crippen LogP contribution in [0.3, 0.4) is 0 Å². The molecule has 3 rings (SSSR count). The van der Waals surface area contributed by atoms with Gasteiger partial charge >= 0.3 is 6.18 Å². The van der Waals surface area contributed by atoms with Crippen LogP contribution in [0, 0.1) is 10.7 Å². The number of aromatic amines is 1. The molecule has 112 valence electrons. The lowest BCUT2D eigenvalue weighted by Gasteiger charge is -2.03. The van der Waals surface area contributed by atoms with E-state index in [1.165, 1.54) is 6.21 Å². The maximum Gasteiger partial charge on any atom is 0.453 e. The van der Waals surface area contributed by atoms with E-state index in [1.54, 1.807) is 6.07 Å². The fourth-order valence-electron chi connectivity index (χ4n) is 2.05. The third-order valence-corrected chi connectivity index (χ3v) is 3.59. The maximum atomic E-state index is 12.7. The highest BCUT2D eigenvalue weighted by atomic mass is 32.1. The zero-order valence-corrected chi connectivity index (χ0v) is 11.7. The van der Waals surface area contributed by atoms with Crippen molar-refractivity contribution >= 4 is 18.4 Å². The third kappa shape index (κ3) is 2.78. The molecule has 0 spiro atoms. The van der Waals surface area contributed by atoms with Crippen LogP contribution < -0.4 is 0 Å². The van der Waals surface area contributed by atoms with Crippen LogP contribution in [0.15, 0.2) is 21.7 Å². The van der Waals surface area contributed by atoms with E-state index in [0.717, 1.165) is 12.2 Å². The number of furan rings is 1. The van der Waals surface area contributed by atoms with Gasteiger partial charge in [0.05, 0.1) is 6.21 Å². The maximum absolute atomic E-state index is 12.7. The first kappa shape index (κ1) is 14.1. The van der Waals surface area contributed by atoms with Crippen molar-refractivity contribution < 1.29 is 17.6 Å². The van der Waals surface area contributed by atoms with Gasteiger partial charge in [-0.2, -0.15) is 22.9 Å². The van der Waals surface area contributed by atoms with Crippen molar-refractivity contribution in [2.45, 2.75) is 25.4 Å². The molecule has 1 aliphatic carbocycles. The Labute approximate surface area is 122 Å². The van der Waals surface area contributed by atoms with Crippen LogP contribution in [0.5, 0.6) is 0 Å². The Balaban J connectivity index is 1.85. The van der Waals surface area contributed by atoms with Gasteiger partial charge in [-0.1, -0.05) is 6.92 Å². The average Bonchev–Trinajstić information content (AvgIpc) is 2.83. The number of H-pyrrole nitrogens is 1. The summed E-state index contributed by atoms with van der Waals surface area (Å²) in [6.45, 7) is 2.11. The lowest BCUT2D eigenvalue weighted by Crippen LogP contribution is -2.12. The minimum atomic E-state index is -4.64. The first-order valence-corrected chi connectivity index (χ1v) is 6.66. The topological polar surface area (TPSA) is 59.1 Å². The van der Waals surface area contributed by atoms with Gasteiger partial charge in [-0.15, -0.1) is 5.10 Å². The zero-order valence-electron chi connectivity index (χ0n) is 10.9. The predicted molar refractivity (Wildman–Crippen MR) is 70.6 cm³/mol. The molecule has 1 aliphatic rings. The van der Waals surface area contributed by atoms with Crippen LogP contribution in [0.4, 0.5) is 13.2 Å². The Bertz CT molecular complexity index is 742. The molecule has 1 N–H and O–H groups in total. The first-order valence-electron chi connectivity index (χ1n) is 6.25. The number of hydrogen-bond acceptors (Lipinski definition) is 4. The molecule has 2 heterocycles. The summed E-state index contributed by atoms with van der Waals surface area (Å²) < 4.78 is 43.9. The van der Waals surface area contributed by atoms with E-state index < -0.39 is 12.0 Å². The van der Waals surface area contributed by atoms with E-state index >= 15 is 0 Å². The summed E-state index contributed by atoms with van der Waals surface area (Å²) in [5.74, 6) is 0.983. The fourth-order valence-corrected chi connectivity index (χ4v) is 2.23. The molecule has 0 radical (unpaired) electrons.